The van der Waals surface area contributed by atoms with Crippen molar-refractivity contribution in [1.82, 2.24) is 9.88 Å². The minimum atomic E-state index is -0.519. The summed E-state index contributed by atoms with van der Waals surface area (Å²) >= 11 is 1.52. The van der Waals surface area contributed by atoms with Crippen molar-refractivity contribution in [2.24, 2.45) is 0 Å². The van der Waals surface area contributed by atoms with E-state index in [1.807, 2.05) is 30.3 Å². The summed E-state index contributed by atoms with van der Waals surface area (Å²) in [5.41, 5.74) is 8.80. The van der Waals surface area contributed by atoms with E-state index in [0.29, 0.717) is 44.3 Å². The molecule has 0 aliphatic carbocycles. The molecule has 0 aliphatic rings. The van der Waals surface area contributed by atoms with E-state index < -0.39 is 5.82 Å². The van der Waals surface area contributed by atoms with Gasteiger partial charge in [0, 0.05) is 55.5 Å². The molecule has 200 valence electrons. The molecule has 2 aromatic heterocycles. The van der Waals surface area contributed by atoms with Crippen molar-refractivity contribution in [1.29, 1.82) is 0 Å². The van der Waals surface area contributed by atoms with E-state index >= 15 is 0 Å². The molecule has 4 rings (SSSR count). The number of halogens is 1. The number of fused-ring (bicyclic) bond motifs is 1. The van der Waals surface area contributed by atoms with Gasteiger partial charge in [-0.25, -0.2) is 4.39 Å². The Morgan fingerprint density at radius 3 is 2.47 bits per heavy atom. The Morgan fingerprint density at radius 1 is 1.00 bits per heavy atom. The average Bonchev–Trinajstić information content (AvgIpc) is 3.35. The van der Waals surface area contributed by atoms with Gasteiger partial charge >= 0.3 is 0 Å². The molecule has 4 aromatic rings. The molecule has 0 atom stereocenters. The predicted octanol–water partition coefficient (Wildman–Crippen LogP) is 6.27. The molecule has 38 heavy (non-hydrogen) atoms. The number of hydrogen-bond acceptors (Lipinski definition) is 7. The molecule has 0 saturated carbocycles. The van der Waals surface area contributed by atoms with Gasteiger partial charge in [0.25, 0.3) is 0 Å². The Kier molecular flexibility index (Phi) is 9.64. The summed E-state index contributed by atoms with van der Waals surface area (Å²) in [5.74, 6) is 0.120. The average molecular weight is 538 g/mol. The number of nitrogens with two attached hydrogens (primary N) is 1. The van der Waals surface area contributed by atoms with E-state index in [9.17, 15) is 9.18 Å². The monoisotopic (exact) mass is 537 g/mol. The second-order valence-electron chi connectivity index (χ2n) is 8.79. The smallest absolute Gasteiger partial charge is 0.219 e. The Hall–Kier alpha value is -3.53. The Balaban J connectivity index is 1.41. The zero-order valence-corrected chi connectivity index (χ0v) is 22.4. The number of ether oxygens (including phenoxy) is 3. The first-order chi connectivity index (χ1) is 18.4. The van der Waals surface area contributed by atoms with Gasteiger partial charge in [-0.2, -0.15) is 0 Å². The van der Waals surface area contributed by atoms with Gasteiger partial charge in [-0.15, -0.1) is 11.3 Å². The van der Waals surface area contributed by atoms with Crippen molar-refractivity contribution in [3.8, 4) is 21.9 Å². The Morgan fingerprint density at radius 2 is 1.76 bits per heavy atom. The molecule has 1 amide bonds. The van der Waals surface area contributed by atoms with Crippen LogP contribution in [0.2, 0.25) is 0 Å². The van der Waals surface area contributed by atoms with Crippen LogP contribution in [0.4, 0.5) is 10.1 Å². The Bertz CT molecular complexity index is 1360. The SMILES string of the molecule is CCCOCCOCCN(Cc1ccc(-c2cc3nccc(Oc4ccc(N)cc4F)c3s2)cc1)C(C)=O. The normalized spacial score (nSPS) is 11.1. The lowest BCUT2D eigenvalue weighted by molar-refractivity contribution is -0.130. The van der Waals surface area contributed by atoms with Gasteiger partial charge in [0.1, 0.15) is 5.75 Å². The van der Waals surface area contributed by atoms with Gasteiger partial charge in [-0.3, -0.25) is 9.78 Å². The molecule has 0 spiro atoms. The van der Waals surface area contributed by atoms with Gasteiger partial charge in [0.15, 0.2) is 11.6 Å². The number of pyridine rings is 1. The first-order valence-corrected chi connectivity index (χ1v) is 13.4. The maximum absolute atomic E-state index is 14.3. The van der Waals surface area contributed by atoms with Crippen molar-refractivity contribution in [3.05, 3.63) is 72.2 Å². The first-order valence-electron chi connectivity index (χ1n) is 12.6. The molecule has 0 saturated heterocycles. The number of anilines is 1. The first kappa shape index (κ1) is 27.5. The van der Waals surface area contributed by atoms with Crippen LogP contribution < -0.4 is 10.5 Å². The fourth-order valence-electron chi connectivity index (χ4n) is 3.84. The van der Waals surface area contributed by atoms with E-state index in [4.69, 9.17) is 19.9 Å². The summed E-state index contributed by atoms with van der Waals surface area (Å²) < 4.78 is 32.0. The van der Waals surface area contributed by atoms with Crippen LogP contribution in [0.25, 0.3) is 20.7 Å². The zero-order chi connectivity index (χ0) is 26.9. The molecule has 0 radical (unpaired) electrons. The van der Waals surface area contributed by atoms with Gasteiger partial charge in [0.2, 0.25) is 5.91 Å². The van der Waals surface area contributed by atoms with Crippen LogP contribution in [0.5, 0.6) is 11.5 Å². The number of benzene rings is 2. The van der Waals surface area contributed by atoms with Gasteiger partial charge < -0.3 is 24.8 Å². The van der Waals surface area contributed by atoms with Crippen molar-refractivity contribution in [3.63, 3.8) is 0 Å². The van der Waals surface area contributed by atoms with Crippen LogP contribution in [0.15, 0.2) is 60.8 Å². The second-order valence-corrected chi connectivity index (χ2v) is 9.84. The third-order valence-electron chi connectivity index (χ3n) is 5.83. The van der Waals surface area contributed by atoms with Crippen LogP contribution in [0, 0.1) is 5.82 Å². The van der Waals surface area contributed by atoms with E-state index in [-0.39, 0.29) is 11.7 Å². The van der Waals surface area contributed by atoms with Crippen LogP contribution in [0.3, 0.4) is 0 Å². The maximum atomic E-state index is 14.3. The third kappa shape index (κ3) is 7.28. The summed E-state index contributed by atoms with van der Waals surface area (Å²) in [6.07, 6.45) is 2.63. The summed E-state index contributed by atoms with van der Waals surface area (Å²) in [6, 6.07) is 16.2. The van der Waals surface area contributed by atoms with Gasteiger partial charge in [-0.05, 0) is 35.7 Å². The number of nitrogen functional groups attached to an aromatic ring is 1. The van der Waals surface area contributed by atoms with Crippen LogP contribution in [-0.4, -0.2) is 48.8 Å². The molecule has 0 fully saturated rings. The van der Waals surface area contributed by atoms with Crippen LogP contribution in [0.1, 0.15) is 25.8 Å². The molecule has 0 unspecified atom stereocenters. The predicted molar refractivity (Wildman–Crippen MR) is 149 cm³/mol. The number of carbonyl (C=O) groups excluding carboxylic acids is 1. The highest BCUT2D eigenvalue weighted by Crippen LogP contribution is 2.39. The quantitative estimate of drug-likeness (QED) is 0.160. The molecule has 7 nitrogen and oxygen atoms in total. The lowest BCUT2D eigenvalue weighted by Crippen LogP contribution is -2.31. The fraction of sp³-hybridized carbons (Fsp3) is 0.310. The number of aromatic nitrogens is 1. The third-order valence-corrected chi connectivity index (χ3v) is 7.02. The molecule has 2 N–H and O–H groups in total. The highest BCUT2D eigenvalue weighted by molar-refractivity contribution is 7.22. The largest absolute Gasteiger partial charge is 0.453 e. The number of carbonyl (C=O) groups is 1. The summed E-state index contributed by atoms with van der Waals surface area (Å²) in [4.78, 5) is 19.4. The number of rotatable bonds is 13. The summed E-state index contributed by atoms with van der Waals surface area (Å²) in [7, 11) is 0. The van der Waals surface area contributed by atoms with E-state index in [1.54, 1.807) is 30.2 Å². The standard InChI is InChI=1S/C29H32FN3O4S/c1-3-13-35-15-16-36-14-12-33(20(2)34)19-21-4-6-22(7-5-21)28-18-25-29(38-28)27(10-11-32-25)37-26-9-8-23(31)17-24(26)30/h4-11,17-18H,3,12-16,19,31H2,1-2H3. The van der Waals surface area contributed by atoms with Crippen molar-refractivity contribution in [2.75, 3.05) is 38.7 Å². The van der Waals surface area contributed by atoms with Gasteiger partial charge in [0.05, 0.1) is 30.0 Å². The van der Waals surface area contributed by atoms with Crippen molar-refractivity contribution in [2.45, 2.75) is 26.8 Å². The number of amides is 1. The number of thiophene rings is 1. The van der Waals surface area contributed by atoms with E-state index in [0.717, 1.165) is 39.2 Å². The maximum Gasteiger partial charge on any atom is 0.219 e. The lowest BCUT2D eigenvalue weighted by Gasteiger charge is -2.21. The highest BCUT2D eigenvalue weighted by atomic mass is 32.1. The topological polar surface area (TPSA) is 86.9 Å². The summed E-state index contributed by atoms with van der Waals surface area (Å²) in [5, 5.41) is 0. The highest BCUT2D eigenvalue weighted by Gasteiger charge is 2.14. The van der Waals surface area contributed by atoms with E-state index in [2.05, 4.69) is 11.9 Å². The van der Waals surface area contributed by atoms with Crippen LogP contribution >= 0.6 is 11.3 Å². The van der Waals surface area contributed by atoms with Gasteiger partial charge in [-0.1, -0.05) is 31.2 Å². The molecule has 9 heteroatoms. The molecular formula is C29H32FN3O4S. The fourth-order valence-corrected chi connectivity index (χ4v) is 4.91. The number of hydrogen-bond donors (Lipinski definition) is 1. The Labute approximate surface area is 226 Å². The molecule has 0 bridgehead atoms. The lowest BCUT2D eigenvalue weighted by atomic mass is 10.1. The summed E-state index contributed by atoms with van der Waals surface area (Å²) in [6.45, 7) is 6.94. The minimum Gasteiger partial charge on any atom is -0.453 e. The zero-order valence-electron chi connectivity index (χ0n) is 21.6. The second kappa shape index (κ2) is 13.3. The van der Waals surface area contributed by atoms with Crippen molar-refractivity contribution < 1.29 is 23.4 Å². The number of nitrogens with zero attached hydrogens (tertiary/aromatic N) is 2. The molecule has 2 heterocycles. The van der Waals surface area contributed by atoms with Crippen molar-refractivity contribution >= 4 is 33.1 Å². The minimum absolute atomic E-state index is 0.000518. The van der Waals surface area contributed by atoms with E-state index in [1.165, 1.54) is 23.5 Å². The van der Waals surface area contributed by atoms with Crippen LogP contribution in [-0.2, 0) is 20.8 Å². The molecule has 0 aliphatic heterocycles. The molecule has 2 aromatic carbocycles. The molecular weight excluding hydrogens is 505 g/mol.